The van der Waals surface area contributed by atoms with E-state index in [0.717, 1.165) is 24.6 Å². The molecule has 0 aromatic heterocycles. The summed E-state index contributed by atoms with van der Waals surface area (Å²) in [5.41, 5.74) is 2.78. The van der Waals surface area contributed by atoms with Gasteiger partial charge in [0.1, 0.15) is 5.82 Å². The van der Waals surface area contributed by atoms with Crippen molar-refractivity contribution in [3.05, 3.63) is 58.3 Å². The molecule has 2 aromatic carbocycles. The Bertz CT molecular complexity index is 789. The summed E-state index contributed by atoms with van der Waals surface area (Å²) in [4.78, 5) is 2.45. The zero-order valence-corrected chi connectivity index (χ0v) is 18.0. The van der Waals surface area contributed by atoms with E-state index >= 15 is 0 Å². The lowest BCUT2D eigenvalue weighted by atomic mass is 9.98. The quantitative estimate of drug-likeness (QED) is 0.570. The first-order valence-corrected chi connectivity index (χ1v) is 10.5. The second-order valence-electron chi connectivity index (χ2n) is 7.21. The molecule has 3 rings (SSSR count). The Hall–Kier alpha value is -1.66. The lowest BCUT2D eigenvalue weighted by Crippen LogP contribution is -2.33. The third-order valence-electron chi connectivity index (χ3n) is 5.07. The number of rotatable bonds is 4. The van der Waals surface area contributed by atoms with Crippen LogP contribution in [0.4, 0.5) is 15.8 Å². The minimum Gasteiger partial charge on any atom is -0.372 e. The van der Waals surface area contributed by atoms with Gasteiger partial charge in [-0.2, -0.15) is 0 Å². The first-order chi connectivity index (χ1) is 12.9. The molecular formula is C21H25BrFN3S. The Balaban J connectivity index is 1.57. The molecule has 2 N–H and O–H groups in total. The monoisotopic (exact) mass is 449 g/mol. The predicted octanol–water partition coefficient (Wildman–Crippen LogP) is 5.87. The molecule has 1 fully saturated rings. The molecule has 1 atom stereocenters. The Morgan fingerprint density at radius 2 is 1.85 bits per heavy atom. The molecule has 0 amide bonds. The number of thiocarbonyl (C=S) groups is 1. The third-order valence-corrected chi connectivity index (χ3v) is 5.78. The van der Waals surface area contributed by atoms with Gasteiger partial charge in [-0.3, -0.25) is 0 Å². The molecule has 2 aromatic rings. The fourth-order valence-electron chi connectivity index (χ4n) is 3.27. The van der Waals surface area contributed by atoms with Crippen LogP contribution in [0, 0.1) is 11.7 Å². The number of halogens is 2. The van der Waals surface area contributed by atoms with Crippen molar-refractivity contribution in [3.8, 4) is 0 Å². The normalized spacial score (nSPS) is 16.1. The van der Waals surface area contributed by atoms with Gasteiger partial charge in [0.2, 0.25) is 0 Å². The van der Waals surface area contributed by atoms with E-state index in [1.165, 1.54) is 24.6 Å². The van der Waals surface area contributed by atoms with Gasteiger partial charge in [0, 0.05) is 23.2 Å². The fraction of sp³-hybridized carbons (Fsp3) is 0.381. The highest BCUT2D eigenvalue weighted by atomic mass is 79.9. The second kappa shape index (κ2) is 9.02. The van der Waals surface area contributed by atoms with E-state index in [1.807, 2.05) is 6.92 Å². The van der Waals surface area contributed by atoms with Crippen molar-refractivity contribution in [2.45, 2.75) is 32.7 Å². The SMILES string of the molecule is CC1CCN(c2ccc([C@@H](C)NC(=S)Nc3ccc(Br)cc3F)cc2)CC1. The smallest absolute Gasteiger partial charge is 0.171 e. The van der Waals surface area contributed by atoms with Crippen LogP contribution in [0.3, 0.4) is 0 Å². The van der Waals surface area contributed by atoms with E-state index in [1.54, 1.807) is 12.1 Å². The van der Waals surface area contributed by atoms with Gasteiger partial charge >= 0.3 is 0 Å². The van der Waals surface area contributed by atoms with Gasteiger partial charge < -0.3 is 15.5 Å². The lowest BCUT2D eigenvalue weighted by Gasteiger charge is -2.32. The van der Waals surface area contributed by atoms with Gasteiger partial charge in [0.05, 0.1) is 11.7 Å². The standard InChI is InChI=1S/C21H25BrFN3S/c1-14-9-11-26(12-10-14)18-6-3-16(4-7-18)15(2)24-21(27)25-20-8-5-17(22)13-19(20)23/h3-8,13-15H,9-12H2,1-2H3,(H2,24,25,27)/t15-/m1/s1. The van der Waals surface area contributed by atoms with E-state index in [4.69, 9.17) is 12.2 Å². The van der Waals surface area contributed by atoms with Gasteiger partial charge in [-0.15, -0.1) is 0 Å². The maximum absolute atomic E-state index is 13.9. The van der Waals surface area contributed by atoms with Crippen LogP contribution in [0.25, 0.3) is 0 Å². The maximum Gasteiger partial charge on any atom is 0.171 e. The summed E-state index contributed by atoms with van der Waals surface area (Å²) in [6.07, 6.45) is 2.51. The number of hydrogen-bond acceptors (Lipinski definition) is 2. The van der Waals surface area contributed by atoms with Crippen LogP contribution in [0.15, 0.2) is 46.9 Å². The van der Waals surface area contributed by atoms with Crippen molar-refractivity contribution in [3.63, 3.8) is 0 Å². The second-order valence-corrected chi connectivity index (χ2v) is 8.53. The molecule has 1 aliphatic heterocycles. The molecule has 0 aliphatic carbocycles. The topological polar surface area (TPSA) is 27.3 Å². The number of benzene rings is 2. The van der Waals surface area contributed by atoms with Crippen molar-refractivity contribution >= 4 is 44.6 Å². The van der Waals surface area contributed by atoms with Gasteiger partial charge in [-0.05, 0) is 73.8 Å². The third kappa shape index (κ3) is 5.42. The van der Waals surface area contributed by atoms with Gasteiger partial charge in [-0.1, -0.05) is 35.0 Å². The Kier molecular flexibility index (Phi) is 6.71. The van der Waals surface area contributed by atoms with Crippen LogP contribution in [0.2, 0.25) is 0 Å². The van der Waals surface area contributed by atoms with E-state index in [-0.39, 0.29) is 11.9 Å². The summed E-state index contributed by atoms with van der Waals surface area (Å²) in [5.74, 6) is 0.482. The van der Waals surface area contributed by atoms with E-state index in [9.17, 15) is 4.39 Å². The van der Waals surface area contributed by atoms with Crippen LogP contribution < -0.4 is 15.5 Å². The number of piperidine rings is 1. The van der Waals surface area contributed by atoms with Crippen molar-refractivity contribution in [2.24, 2.45) is 5.92 Å². The summed E-state index contributed by atoms with van der Waals surface area (Å²) in [6, 6.07) is 13.5. The molecule has 1 saturated heterocycles. The summed E-state index contributed by atoms with van der Waals surface area (Å²) >= 11 is 8.59. The number of hydrogen-bond donors (Lipinski definition) is 2. The molecule has 27 heavy (non-hydrogen) atoms. The van der Waals surface area contributed by atoms with Gasteiger partial charge in [-0.25, -0.2) is 4.39 Å². The Morgan fingerprint density at radius 1 is 1.19 bits per heavy atom. The molecule has 0 unspecified atom stereocenters. The highest BCUT2D eigenvalue weighted by Crippen LogP contribution is 2.25. The van der Waals surface area contributed by atoms with Gasteiger partial charge in [0.15, 0.2) is 5.11 Å². The summed E-state index contributed by atoms with van der Waals surface area (Å²) in [6.45, 7) is 6.62. The Morgan fingerprint density at radius 3 is 2.48 bits per heavy atom. The number of nitrogens with one attached hydrogen (secondary N) is 2. The van der Waals surface area contributed by atoms with E-state index in [2.05, 4.69) is 62.7 Å². The van der Waals surface area contributed by atoms with Gasteiger partial charge in [0.25, 0.3) is 0 Å². The van der Waals surface area contributed by atoms with Crippen LogP contribution in [0.1, 0.15) is 38.3 Å². The first kappa shape index (κ1) is 20.1. The summed E-state index contributed by atoms with van der Waals surface area (Å²) in [5, 5.41) is 6.54. The molecular weight excluding hydrogens is 425 g/mol. The minimum atomic E-state index is -0.346. The van der Waals surface area contributed by atoms with Crippen molar-refractivity contribution in [1.29, 1.82) is 0 Å². The summed E-state index contributed by atoms with van der Waals surface area (Å²) < 4.78 is 14.6. The molecule has 0 radical (unpaired) electrons. The molecule has 0 saturated carbocycles. The highest BCUT2D eigenvalue weighted by molar-refractivity contribution is 9.10. The van der Waals surface area contributed by atoms with Crippen molar-refractivity contribution in [1.82, 2.24) is 5.32 Å². The fourth-order valence-corrected chi connectivity index (χ4v) is 3.89. The number of nitrogens with zero attached hydrogens (tertiary/aromatic N) is 1. The van der Waals surface area contributed by atoms with E-state index < -0.39 is 0 Å². The predicted molar refractivity (Wildman–Crippen MR) is 119 cm³/mol. The van der Waals surface area contributed by atoms with Crippen molar-refractivity contribution in [2.75, 3.05) is 23.3 Å². The van der Waals surface area contributed by atoms with Crippen LogP contribution in [0.5, 0.6) is 0 Å². The average Bonchev–Trinajstić information content (AvgIpc) is 2.65. The van der Waals surface area contributed by atoms with Crippen LogP contribution in [-0.4, -0.2) is 18.2 Å². The van der Waals surface area contributed by atoms with Crippen molar-refractivity contribution < 1.29 is 4.39 Å². The first-order valence-electron chi connectivity index (χ1n) is 9.30. The largest absolute Gasteiger partial charge is 0.372 e. The minimum absolute atomic E-state index is 0.0268. The van der Waals surface area contributed by atoms with Crippen LogP contribution in [-0.2, 0) is 0 Å². The zero-order chi connectivity index (χ0) is 19.4. The molecule has 144 valence electrons. The van der Waals surface area contributed by atoms with Crippen LogP contribution >= 0.6 is 28.1 Å². The van der Waals surface area contributed by atoms with E-state index in [0.29, 0.717) is 15.3 Å². The molecule has 0 spiro atoms. The zero-order valence-electron chi connectivity index (χ0n) is 15.6. The molecule has 6 heteroatoms. The molecule has 0 bridgehead atoms. The highest BCUT2D eigenvalue weighted by Gasteiger charge is 2.16. The lowest BCUT2D eigenvalue weighted by molar-refractivity contribution is 0.438. The Labute approximate surface area is 174 Å². The average molecular weight is 450 g/mol. The molecule has 3 nitrogen and oxygen atoms in total. The number of anilines is 2. The maximum atomic E-state index is 13.9. The molecule has 1 aliphatic rings. The summed E-state index contributed by atoms with van der Waals surface area (Å²) in [7, 11) is 0. The molecule has 1 heterocycles.